The molecule has 0 aliphatic heterocycles. The number of esters is 2. The normalized spacial score (nSPS) is 15.4. The molecule has 0 aliphatic rings. The van der Waals surface area contributed by atoms with E-state index in [4.69, 9.17) is 24.3 Å². The smallest absolute Gasteiger partial charge is 0.462 e. The Bertz CT molecular complexity index is 1360. The molecule has 0 spiro atoms. The molecule has 0 aromatic rings. The Morgan fingerprint density at radius 2 is 1.10 bits per heavy atom. The number of carbonyl (C=O) groups is 2. The molecule has 59 heavy (non-hydrogen) atoms. The Morgan fingerprint density at radius 3 is 1.63 bits per heavy atom. The van der Waals surface area contributed by atoms with Crippen molar-refractivity contribution in [1.82, 2.24) is 0 Å². The monoisotopic (exact) mass is 846 g/mol. The first-order chi connectivity index (χ1) is 28.6. The zero-order valence-corrected chi connectivity index (χ0v) is 36.8. The van der Waals surface area contributed by atoms with E-state index in [2.05, 4.69) is 92.8 Å². The summed E-state index contributed by atoms with van der Waals surface area (Å²) in [6, 6.07) is 0. The van der Waals surface area contributed by atoms with E-state index in [0.29, 0.717) is 12.8 Å². The highest BCUT2D eigenvalue weighted by Crippen LogP contribution is 2.43. The Labute approximate surface area is 355 Å². The Morgan fingerprint density at radius 1 is 0.593 bits per heavy atom. The van der Waals surface area contributed by atoms with Crippen molar-refractivity contribution in [2.45, 2.75) is 148 Å². The second-order valence-electron chi connectivity index (χ2n) is 13.8. The van der Waals surface area contributed by atoms with Crippen molar-refractivity contribution < 1.29 is 47.8 Å². The molecule has 334 valence electrons. The van der Waals surface area contributed by atoms with Crippen LogP contribution in [0.3, 0.4) is 0 Å². The molecule has 0 saturated heterocycles. The Balaban J connectivity index is 4.55. The van der Waals surface area contributed by atoms with Crippen molar-refractivity contribution in [3.63, 3.8) is 0 Å². The van der Waals surface area contributed by atoms with Crippen LogP contribution in [0.15, 0.2) is 109 Å². The molecular weight excluding hydrogens is 769 g/mol. The van der Waals surface area contributed by atoms with Gasteiger partial charge in [0, 0.05) is 19.4 Å². The highest BCUT2D eigenvalue weighted by molar-refractivity contribution is 7.47. The van der Waals surface area contributed by atoms with Gasteiger partial charge in [0.05, 0.1) is 25.4 Å². The molecule has 3 unspecified atom stereocenters. The molecule has 0 saturated carbocycles. The van der Waals surface area contributed by atoms with Crippen molar-refractivity contribution in [3.8, 4) is 0 Å². The lowest BCUT2D eigenvalue weighted by molar-refractivity contribution is -0.161. The third-order valence-corrected chi connectivity index (χ3v) is 9.34. The van der Waals surface area contributed by atoms with Crippen molar-refractivity contribution in [2.24, 2.45) is 5.73 Å². The molecule has 0 aromatic heterocycles. The minimum absolute atomic E-state index is 0.00384. The number of aliphatic hydroxyl groups excluding tert-OH is 2. The molecule has 4 atom stereocenters. The fourth-order valence-electron chi connectivity index (χ4n) is 5.06. The molecule has 0 radical (unpaired) electrons. The van der Waals surface area contributed by atoms with E-state index in [1.165, 1.54) is 19.3 Å². The van der Waals surface area contributed by atoms with E-state index in [1.54, 1.807) is 0 Å². The lowest BCUT2D eigenvalue weighted by Crippen LogP contribution is -2.30. The van der Waals surface area contributed by atoms with Gasteiger partial charge in [-0.15, -0.1) is 0 Å². The summed E-state index contributed by atoms with van der Waals surface area (Å²) in [6.45, 7) is 3.13. The summed E-state index contributed by atoms with van der Waals surface area (Å²) in [6.07, 6.45) is 47.4. The van der Waals surface area contributed by atoms with Crippen LogP contribution in [-0.2, 0) is 32.7 Å². The van der Waals surface area contributed by atoms with E-state index in [0.717, 1.165) is 51.4 Å². The van der Waals surface area contributed by atoms with E-state index in [1.807, 2.05) is 30.4 Å². The zero-order chi connectivity index (χ0) is 43.5. The molecule has 12 heteroatoms. The van der Waals surface area contributed by atoms with Gasteiger partial charge in [-0.05, 0) is 89.9 Å². The van der Waals surface area contributed by atoms with Crippen molar-refractivity contribution >= 4 is 19.8 Å². The summed E-state index contributed by atoms with van der Waals surface area (Å²) in [5.41, 5.74) is 5.32. The predicted octanol–water partition coefficient (Wildman–Crippen LogP) is 10.3. The lowest BCUT2D eigenvalue weighted by Gasteiger charge is -2.20. The van der Waals surface area contributed by atoms with Crippen LogP contribution in [0.5, 0.6) is 0 Å². The Kier molecular flexibility index (Phi) is 38.9. The molecule has 0 amide bonds. The molecule has 0 bridgehead atoms. The standard InChI is InChI=1S/C47H76NO10P/c1-3-5-7-9-11-13-15-17-18-19-20-21-22-23-25-27-29-31-33-37-47(52)58-43(42-57-59(53,54)56-40-39-48)41-55-46(51)38-34-36-45(50)44(49)35-32-30-28-26-24-16-14-12-10-8-6-4-2/h5,7,11-14,17-18,20-21,23-26,29-32,43-45,49-50H,3-4,6,8-10,15-16,19,22,27-28,33-42,48H2,1-2H3,(H,53,54)/b7-5-,13-11-,14-12-,18-17-,21-20-,25-23-,26-24-,31-29-,32-30-/t43-,44?,45?/m1/s1. The van der Waals surface area contributed by atoms with Gasteiger partial charge in [0.25, 0.3) is 0 Å². The van der Waals surface area contributed by atoms with Gasteiger partial charge in [-0.25, -0.2) is 4.57 Å². The first-order valence-corrected chi connectivity index (χ1v) is 23.0. The highest BCUT2D eigenvalue weighted by atomic mass is 31.2. The van der Waals surface area contributed by atoms with Crippen LogP contribution in [0.1, 0.15) is 129 Å². The first-order valence-electron chi connectivity index (χ1n) is 21.5. The molecule has 0 aromatic carbocycles. The van der Waals surface area contributed by atoms with Crippen LogP contribution in [0, 0.1) is 0 Å². The maximum absolute atomic E-state index is 12.6. The first kappa shape index (κ1) is 55.6. The van der Waals surface area contributed by atoms with Gasteiger partial charge in [-0.2, -0.15) is 0 Å². The maximum Gasteiger partial charge on any atom is 0.472 e. The summed E-state index contributed by atoms with van der Waals surface area (Å²) in [5.74, 6) is -1.22. The fourth-order valence-corrected chi connectivity index (χ4v) is 5.82. The van der Waals surface area contributed by atoms with Gasteiger partial charge in [-0.3, -0.25) is 18.6 Å². The third kappa shape index (κ3) is 39.8. The van der Waals surface area contributed by atoms with E-state index >= 15 is 0 Å². The average molecular weight is 846 g/mol. The van der Waals surface area contributed by atoms with Crippen molar-refractivity contribution in [2.75, 3.05) is 26.4 Å². The summed E-state index contributed by atoms with van der Waals surface area (Å²) >= 11 is 0. The number of carbonyl (C=O) groups excluding carboxylic acids is 2. The quantitative estimate of drug-likeness (QED) is 0.0201. The SMILES string of the molecule is CC/C=C\C/C=C\C/C=C\C/C=C\C/C=C\C/C=C\CCC(=O)O[C@H](COC(=O)CCCC(O)C(O)C/C=C\C/C=C\C/C=C\CCCCC)COP(=O)(O)OCCN. The predicted molar refractivity (Wildman–Crippen MR) is 240 cm³/mol. The molecule has 5 N–H and O–H groups in total. The van der Waals surface area contributed by atoms with Gasteiger partial charge in [0.2, 0.25) is 0 Å². The zero-order valence-electron chi connectivity index (χ0n) is 35.9. The van der Waals surface area contributed by atoms with Crippen molar-refractivity contribution in [3.05, 3.63) is 109 Å². The molecule has 0 rings (SSSR count). The topological polar surface area (TPSA) is 175 Å². The molecule has 11 nitrogen and oxygen atoms in total. The van der Waals surface area contributed by atoms with Crippen LogP contribution in [0.25, 0.3) is 0 Å². The van der Waals surface area contributed by atoms with E-state index in [9.17, 15) is 29.3 Å². The van der Waals surface area contributed by atoms with Crippen LogP contribution < -0.4 is 5.73 Å². The average Bonchev–Trinajstić information content (AvgIpc) is 3.22. The third-order valence-electron chi connectivity index (χ3n) is 8.36. The molecule has 0 aliphatic carbocycles. The number of nitrogens with two attached hydrogens (primary N) is 1. The number of unbranched alkanes of at least 4 members (excludes halogenated alkanes) is 3. The highest BCUT2D eigenvalue weighted by Gasteiger charge is 2.26. The van der Waals surface area contributed by atoms with Crippen LogP contribution >= 0.6 is 7.82 Å². The summed E-state index contributed by atoms with van der Waals surface area (Å²) in [5, 5.41) is 20.6. The summed E-state index contributed by atoms with van der Waals surface area (Å²) < 4.78 is 32.5. The number of aliphatic hydroxyl groups is 2. The number of phosphoric acid groups is 1. The number of allylic oxidation sites excluding steroid dienone is 17. The van der Waals surface area contributed by atoms with E-state index in [-0.39, 0.29) is 45.3 Å². The second kappa shape index (κ2) is 41.3. The van der Waals surface area contributed by atoms with Gasteiger partial charge in [0.1, 0.15) is 6.61 Å². The van der Waals surface area contributed by atoms with Gasteiger partial charge in [0.15, 0.2) is 6.10 Å². The Hall–Kier alpha value is -3.41. The van der Waals surface area contributed by atoms with Gasteiger partial charge >= 0.3 is 19.8 Å². The molecular formula is C47H76NO10P. The maximum atomic E-state index is 12.6. The fraction of sp³-hybridized carbons (Fsp3) is 0.574. The van der Waals surface area contributed by atoms with Crippen LogP contribution in [0.2, 0.25) is 0 Å². The largest absolute Gasteiger partial charge is 0.472 e. The van der Waals surface area contributed by atoms with Gasteiger partial charge in [-0.1, -0.05) is 136 Å². The van der Waals surface area contributed by atoms with Crippen molar-refractivity contribution in [1.29, 1.82) is 0 Å². The number of phosphoric ester groups is 1. The minimum Gasteiger partial charge on any atom is -0.462 e. The lowest BCUT2D eigenvalue weighted by atomic mass is 10.0. The number of rotatable bonds is 38. The van der Waals surface area contributed by atoms with Crippen LogP contribution in [0.4, 0.5) is 0 Å². The molecule has 0 fully saturated rings. The summed E-state index contributed by atoms with van der Waals surface area (Å²) in [7, 11) is -4.47. The number of ether oxygens (including phenoxy) is 2. The van der Waals surface area contributed by atoms with Crippen LogP contribution in [-0.4, -0.2) is 71.7 Å². The van der Waals surface area contributed by atoms with E-state index < -0.39 is 51.3 Å². The van der Waals surface area contributed by atoms with Gasteiger partial charge < -0.3 is 30.3 Å². The number of hydrogen-bond acceptors (Lipinski definition) is 10. The number of hydrogen-bond donors (Lipinski definition) is 4. The molecule has 0 heterocycles. The minimum atomic E-state index is -4.47. The summed E-state index contributed by atoms with van der Waals surface area (Å²) in [4.78, 5) is 34.9. The second-order valence-corrected chi connectivity index (χ2v) is 15.2.